The number of nitrogens with zero attached hydrogens (tertiary/aromatic N) is 5. The van der Waals surface area contributed by atoms with Gasteiger partial charge in [0.1, 0.15) is 10.8 Å². The van der Waals surface area contributed by atoms with Crippen LogP contribution in [-0.4, -0.2) is 62.6 Å². The molecule has 0 aliphatic carbocycles. The van der Waals surface area contributed by atoms with E-state index in [1.807, 2.05) is 53.4 Å². The Labute approximate surface area is 211 Å². The van der Waals surface area contributed by atoms with Crippen molar-refractivity contribution in [2.45, 2.75) is 19.6 Å². The van der Waals surface area contributed by atoms with E-state index in [0.29, 0.717) is 59.2 Å². The van der Waals surface area contributed by atoms with Gasteiger partial charge < -0.3 is 9.64 Å². The van der Waals surface area contributed by atoms with E-state index in [-0.39, 0.29) is 11.5 Å². The number of rotatable bonds is 6. The Balaban J connectivity index is 1.22. The van der Waals surface area contributed by atoms with Gasteiger partial charge in [0.2, 0.25) is 4.96 Å². The lowest BCUT2D eigenvalue weighted by molar-refractivity contribution is -0.139. The van der Waals surface area contributed by atoms with Crippen LogP contribution in [0.5, 0.6) is 5.75 Å². The summed E-state index contributed by atoms with van der Waals surface area (Å²) >= 11 is 7.63. The van der Waals surface area contributed by atoms with Gasteiger partial charge in [-0.15, -0.1) is 0 Å². The summed E-state index contributed by atoms with van der Waals surface area (Å²) in [7, 11) is 0. The molecule has 0 unspecified atom stereocenters. The molecule has 1 atom stereocenters. The molecule has 2 aromatic heterocycles. The highest BCUT2D eigenvalue weighted by molar-refractivity contribution is 7.19. The fraction of sp³-hybridized carbons (Fsp3) is 0.280. The number of aromatic nitrogens is 3. The van der Waals surface area contributed by atoms with E-state index in [1.54, 1.807) is 13.0 Å². The summed E-state index contributed by atoms with van der Waals surface area (Å²) in [5.74, 6) is 0.656. The van der Waals surface area contributed by atoms with E-state index in [0.717, 1.165) is 5.56 Å². The second kappa shape index (κ2) is 10.2. The topological polar surface area (TPSA) is 80.0 Å². The number of hydrogen-bond donors (Lipinski definition) is 0. The Hall–Kier alpha value is -3.27. The van der Waals surface area contributed by atoms with E-state index in [4.69, 9.17) is 16.3 Å². The number of halogens is 1. The fourth-order valence-corrected chi connectivity index (χ4v) is 5.29. The molecule has 35 heavy (non-hydrogen) atoms. The number of hydrogen-bond acceptors (Lipinski definition) is 7. The van der Waals surface area contributed by atoms with Crippen molar-refractivity contribution in [3.8, 4) is 16.3 Å². The number of para-hydroxylation sites is 1. The van der Waals surface area contributed by atoms with Gasteiger partial charge in [0.05, 0.1) is 10.7 Å². The lowest BCUT2D eigenvalue weighted by Crippen LogP contribution is -2.51. The molecule has 0 saturated carbocycles. The average Bonchev–Trinajstić information content (AvgIpc) is 3.29. The lowest BCUT2D eigenvalue weighted by Gasteiger charge is -2.35. The number of carbonyl (C=O) groups excluding carboxylic acids is 1. The first kappa shape index (κ1) is 23.5. The minimum absolute atomic E-state index is 0.0249. The molecule has 0 radical (unpaired) electrons. The van der Waals surface area contributed by atoms with Gasteiger partial charge in [0, 0.05) is 44.4 Å². The van der Waals surface area contributed by atoms with Crippen molar-refractivity contribution < 1.29 is 9.53 Å². The molecule has 0 bridgehead atoms. The predicted molar refractivity (Wildman–Crippen MR) is 136 cm³/mol. The van der Waals surface area contributed by atoms with Gasteiger partial charge in [-0.1, -0.05) is 59.3 Å². The molecular formula is C25H24ClN5O3S. The summed E-state index contributed by atoms with van der Waals surface area (Å²) in [6.45, 7) is 4.89. The minimum Gasteiger partial charge on any atom is -0.481 e. The molecule has 0 N–H and O–H groups in total. The molecule has 4 aromatic rings. The van der Waals surface area contributed by atoms with Crippen LogP contribution in [0.25, 0.3) is 15.5 Å². The normalized spacial score (nSPS) is 15.3. The second-order valence-electron chi connectivity index (χ2n) is 8.34. The molecule has 2 aromatic carbocycles. The monoisotopic (exact) mass is 509 g/mol. The molecule has 8 nitrogen and oxygen atoms in total. The molecule has 1 fully saturated rings. The summed E-state index contributed by atoms with van der Waals surface area (Å²) in [6, 6.07) is 18.3. The zero-order valence-electron chi connectivity index (χ0n) is 19.1. The summed E-state index contributed by atoms with van der Waals surface area (Å²) < 4.78 is 7.10. The zero-order chi connectivity index (χ0) is 24.4. The molecule has 5 rings (SSSR count). The summed E-state index contributed by atoms with van der Waals surface area (Å²) in [6.07, 6.45) is -0.549. The van der Waals surface area contributed by atoms with Crippen molar-refractivity contribution in [1.82, 2.24) is 24.4 Å². The Morgan fingerprint density at radius 2 is 1.80 bits per heavy atom. The van der Waals surface area contributed by atoms with Crippen LogP contribution >= 0.6 is 22.9 Å². The van der Waals surface area contributed by atoms with Gasteiger partial charge in [-0.3, -0.25) is 14.5 Å². The first-order valence-corrected chi connectivity index (χ1v) is 12.5. The third kappa shape index (κ3) is 5.22. The van der Waals surface area contributed by atoms with Crippen LogP contribution in [-0.2, 0) is 11.3 Å². The minimum atomic E-state index is -0.549. The Morgan fingerprint density at radius 3 is 2.54 bits per heavy atom. The molecule has 1 saturated heterocycles. The van der Waals surface area contributed by atoms with Crippen LogP contribution in [0.15, 0.2) is 65.5 Å². The average molecular weight is 510 g/mol. The van der Waals surface area contributed by atoms with Crippen molar-refractivity contribution in [3.63, 3.8) is 0 Å². The number of piperazine rings is 1. The number of carbonyl (C=O) groups is 1. The molecule has 180 valence electrons. The molecule has 1 aliphatic heterocycles. The number of ether oxygens (including phenoxy) is 1. The van der Waals surface area contributed by atoms with Crippen LogP contribution < -0.4 is 10.3 Å². The smallest absolute Gasteiger partial charge is 0.275 e. The maximum absolute atomic E-state index is 12.8. The molecule has 1 aliphatic rings. The quantitative estimate of drug-likeness (QED) is 0.395. The molecular weight excluding hydrogens is 486 g/mol. The van der Waals surface area contributed by atoms with Crippen molar-refractivity contribution in [1.29, 1.82) is 0 Å². The number of benzene rings is 2. The maximum Gasteiger partial charge on any atom is 0.275 e. The van der Waals surface area contributed by atoms with Crippen molar-refractivity contribution >= 4 is 33.8 Å². The van der Waals surface area contributed by atoms with Crippen LogP contribution in [0.2, 0.25) is 5.02 Å². The molecule has 0 spiro atoms. The Bertz CT molecular complexity index is 1400. The van der Waals surface area contributed by atoms with Crippen molar-refractivity contribution in [3.05, 3.63) is 81.7 Å². The van der Waals surface area contributed by atoms with Crippen LogP contribution in [0.3, 0.4) is 0 Å². The SMILES string of the molecule is C[C@@H](Oc1ccccc1)C(=O)N1CCN(Cc2cc(=O)n3nc(-c4ccccc4Cl)sc3n2)CC1. The predicted octanol–water partition coefficient (Wildman–Crippen LogP) is 3.58. The van der Waals surface area contributed by atoms with Gasteiger partial charge in [-0.05, 0) is 25.1 Å². The standard InChI is InChI=1S/C25H24ClN5O3S/c1-17(34-19-7-3-2-4-8-19)24(33)30-13-11-29(12-14-30)16-18-15-22(32)31-25(27-18)35-23(28-31)20-9-5-6-10-21(20)26/h2-10,15,17H,11-14,16H2,1H3/t17-/m1/s1. The highest BCUT2D eigenvalue weighted by Gasteiger charge is 2.26. The van der Waals surface area contributed by atoms with E-state index in [9.17, 15) is 9.59 Å². The Morgan fingerprint density at radius 1 is 1.09 bits per heavy atom. The summed E-state index contributed by atoms with van der Waals surface area (Å²) in [5.41, 5.74) is 1.24. The van der Waals surface area contributed by atoms with E-state index < -0.39 is 6.10 Å². The number of fused-ring (bicyclic) bond motifs is 1. The van der Waals surface area contributed by atoms with Crippen molar-refractivity contribution in [2.75, 3.05) is 26.2 Å². The molecule has 10 heteroatoms. The first-order chi connectivity index (χ1) is 17.0. The lowest BCUT2D eigenvalue weighted by atomic mass is 10.2. The highest BCUT2D eigenvalue weighted by atomic mass is 35.5. The van der Waals surface area contributed by atoms with E-state index in [1.165, 1.54) is 21.9 Å². The van der Waals surface area contributed by atoms with Gasteiger partial charge >= 0.3 is 0 Å². The van der Waals surface area contributed by atoms with Crippen LogP contribution in [0, 0.1) is 0 Å². The van der Waals surface area contributed by atoms with E-state index >= 15 is 0 Å². The third-order valence-corrected chi connectivity index (χ3v) is 7.15. The van der Waals surface area contributed by atoms with Gasteiger partial charge in [0.25, 0.3) is 11.5 Å². The fourth-order valence-electron chi connectivity index (χ4n) is 4.05. The van der Waals surface area contributed by atoms with Crippen LogP contribution in [0.4, 0.5) is 0 Å². The zero-order valence-corrected chi connectivity index (χ0v) is 20.7. The first-order valence-electron chi connectivity index (χ1n) is 11.4. The van der Waals surface area contributed by atoms with Gasteiger partial charge in [0.15, 0.2) is 6.10 Å². The van der Waals surface area contributed by atoms with Gasteiger partial charge in [-0.2, -0.15) is 9.61 Å². The van der Waals surface area contributed by atoms with E-state index in [2.05, 4.69) is 15.0 Å². The maximum atomic E-state index is 12.8. The number of amides is 1. The Kier molecular flexibility index (Phi) is 6.81. The molecule has 3 heterocycles. The highest BCUT2D eigenvalue weighted by Crippen LogP contribution is 2.30. The molecule has 1 amide bonds. The second-order valence-corrected chi connectivity index (χ2v) is 9.70. The largest absolute Gasteiger partial charge is 0.481 e. The third-order valence-electron chi connectivity index (χ3n) is 5.88. The summed E-state index contributed by atoms with van der Waals surface area (Å²) in [4.78, 5) is 34.7. The van der Waals surface area contributed by atoms with Crippen molar-refractivity contribution in [2.24, 2.45) is 0 Å². The summed E-state index contributed by atoms with van der Waals surface area (Å²) in [5, 5.41) is 5.64. The van der Waals surface area contributed by atoms with Crippen LogP contribution in [0.1, 0.15) is 12.6 Å². The van der Waals surface area contributed by atoms with Gasteiger partial charge in [-0.25, -0.2) is 4.98 Å².